The van der Waals surface area contributed by atoms with Crippen LogP contribution in [-0.2, 0) is 0 Å². The van der Waals surface area contributed by atoms with Crippen LogP contribution in [-0.4, -0.2) is 71.4 Å². The van der Waals surface area contributed by atoms with E-state index < -0.39 is 12.0 Å². The lowest BCUT2D eigenvalue weighted by molar-refractivity contribution is 0.107. The average Bonchev–Trinajstić information content (AvgIpc) is 3.56. The quantitative estimate of drug-likeness (QED) is 0.412. The minimum absolute atomic E-state index is 0.121. The van der Waals surface area contributed by atoms with Crippen LogP contribution in [0.2, 0.25) is 0 Å². The Kier molecular flexibility index (Phi) is 6.06. The Morgan fingerprint density at radius 2 is 1.90 bits per heavy atom. The largest absolute Gasteiger partial charge is 0.461 e. The summed E-state index contributed by atoms with van der Waals surface area (Å²) in [6.45, 7) is 3.13. The van der Waals surface area contributed by atoms with Crippen LogP contribution in [0.5, 0.6) is 6.01 Å². The molecule has 8 rings (SSSR count). The van der Waals surface area contributed by atoms with Gasteiger partial charge in [-0.25, -0.2) is 8.78 Å². The third kappa shape index (κ3) is 4.28. The second-order valence-corrected chi connectivity index (χ2v) is 13.0. The number of rotatable bonds is 6. The number of aromatic nitrogens is 2. The van der Waals surface area contributed by atoms with Crippen molar-refractivity contribution in [2.45, 2.75) is 74.7 Å². The summed E-state index contributed by atoms with van der Waals surface area (Å²) in [7, 11) is 0. The summed E-state index contributed by atoms with van der Waals surface area (Å²) in [5, 5.41) is 14.1. The van der Waals surface area contributed by atoms with Crippen molar-refractivity contribution in [1.82, 2.24) is 20.2 Å². The van der Waals surface area contributed by atoms with Gasteiger partial charge in [-0.15, -0.1) is 0 Å². The van der Waals surface area contributed by atoms with Crippen molar-refractivity contribution in [3.05, 3.63) is 41.2 Å². The van der Waals surface area contributed by atoms with Gasteiger partial charge in [-0.05, 0) is 80.3 Å². The second-order valence-electron chi connectivity index (χ2n) is 13.0. The Labute approximate surface area is 243 Å². The maximum Gasteiger partial charge on any atom is 0.319 e. The number of alkyl halides is 1. The van der Waals surface area contributed by atoms with Crippen molar-refractivity contribution in [3.8, 4) is 23.2 Å². The van der Waals surface area contributed by atoms with Crippen molar-refractivity contribution in [2.24, 2.45) is 0 Å². The summed E-state index contributed by atoms with van der Waals surface area (Å²) in [6, 6.07) is 10.2. The van der Waals surface area contributed by atoms with Crippen LogP contribution in [0.1, 0.15) is 62.0 Å². The summed E-state index contributed by atoms with van der Waals surface area (Å²) < 4.78 is 37.4. The van der Waals surface area contributed by atoms with Crippen LogP contribution in [0.4, 0.5) is 20.3 Å². The van der Waals surface area contributed by atoms with E-state index in [-0.39, 0.29) is 29.6 Å². The normalized spacial score (nSPS) is 28.8. The molecule has 3 aromatic rings. The third-order valence-electron chi connectivity index (χ3n) is 10.1. The molecule has 0 spiro atoms. The second kappa shape index (κ2) is 9.75. The van der Waals surface area contributed by atoms with Gasteiger partial charge in [-0.2, -0.15) is 15.2 Å². The highest BCUT2D eigenvalue weighted by atomic mass is 19.1. The highest BCUT2D eigenvalue weighted by Crippen LogP contribution is 2.48. The summed E-state index contributed by atoms with van der Waals surface area (Å²) in [5.74, 6) is 0.420. The zero-order chi connectivity index (χ0) is 28.6. The van der Waals surface area contributed by atoms with Gasteiger partial charge in [0, 0.05) is 54.8 Å². The molecule has 0 unspecified atom stereocenters. The van der Waals surface area contributed by atoms with E-state index in [2.05, 4.69) is 26.2 Å². The molecule has 2 bridgehead atoms. The van der Waals surface area contributed by atoms with Gasteiger partial charge in [0.25, 0.3) is 0 Å². The molecule has 1 saturated carbocycles. The van der Waals surface area contributed by atoms with E-state index in [0.717, 1.165) is 63.7 Å². The number of hydrogen-bond acceptors (Lipinski definition) is 8. The maximum atomic E-state index is 16.7. The van der Waals surface area contributed by atoms with Crippen LogP contribution in [0.15, 0.2) is 24.3 Å². The number of nitrogens with zero attached hydrogens (tertiary/aromatic N) is 5. The number of nitriles is 1. The lowest BCUT2D eigenvalue weighted by atomic mass is 9.91. The van der Waals surface area contributed by atoms with E-state index in [0.29, 0.717) is 58.6 Å². The monoisotopic (exact) mass is 571 g/mol. The molecule has 0 amide bonds. The predicted octanol–water partition coefficient (Wildman–Crippen LogP) is 4.66. The summed E-state index contributed by atoms with van der Waals surface area (Å²) in [6.07, 6.45) is 5.60. The number of benzene rings is 2. The molecule has 4 aliphatic heterocycles. The molecular weight excluding hydrogens is 536 g/mol. The van der Waals surface area contributed by atoms with Crippen molar-refractivity contribution in [2.75, 3.05) is 43.4 Å². The zero-order valence-corrected chi connectivity index (χ0v) is 23.6. The molecule has 1 aliphatic carbocycles. The SMILES string of the molecule is N#Cc1cc(N)cc(-c2ccc3c(N4C[C@H]5CC[C@@H](C4)N5)nc(OC[C@@]45CCCN4C[C@H](F)C5)nc3c2F)c1C1CC1. The summed E-state index contributed by atoms with van der Waals surface area (Å²) in [4.78, 5) is 14.0. The molecule has 5 heterocycles. The number of hydrogen-bond donors (Lipinski definition) is 2. The molecule has 1 aromatic heterocycles. The van der Waals surface area contributed by atoms with E-state index in [9.17, 15) is 9.65 Å². The fraction of sp³-hybridized carbons (Fsp3) is 0.531. The Morgan fingerprint density at radius 1 is 1.10 bits per heavy atom. The van der Waals surface area contributed by atoms with Gasteiger partial charge >= 0.3 is 6.01 Å². The van der Waals surface area contributed by atoms with Gasteiger partial charge in [-0.3, -0.25) is 4.90 Å². The molecule has 0 radical (unpaired) electrons. The minimum Gasteiger partial charge on any atom is -0.461 e. The summed E-state index contributed by atoms with van der Waals surface area (Å²) >= 11 is 0. The van der Waals surface area contributed by atoms with Crippen LogP contribution in [0, 0.1) is 17.1 Å². The van der Waals surface area contributed by atoms with Gasteiger partial charge in [-0.1, -0.05) is 6.07 Å². The molecule has 42 heavy (non-hydrogen) atoms. The minimum atomic E-state index is -0.865. The van der Waals surface area contributed by atoms with E-state index in [1.807, 2.05) is 6.07 Å². The van der Waals surface area contributed by atoms with E-state index >= 15 is 4.39 Å². The third-order valence-corrected chi connectivity index (χ3v) is 10.1. The van der Waals surface area contributed by atoms with Crippen molar-refractivity contribution >= 4 is 22.4 Å². The topological polar surface area (TPSA) is 103 Å². The fourth-order valence-electron chi connectivity index (χ4n) is 8.06. The number of nitrogen functional groups attached to an aromatic ring is 1. The molecule has 218 valence electrons. The lowest BCUT2D eigenvalue weighted by Gasteiger charge is -2.34. The Hall–Kier alpha value is -3.55. The molecule has 5 fully saturated rings. The number of nitrogens with two attached hydrogens (primary N) is 1. The molecule has 8 nitrogen and oxygen atoms in total. The van der Waals surface area contributed by atoms with Crippen molar-refractivity contribution in [1.29, 1.82) is 5.26 Å². The van der Waals surface area contributed by atoms with Crippen LogP contribution >= 0.6 is 0 Å². The number of anilines is 2. The van der Waals surface area contributed by atoms with Crippen molar-refractivity contribution in [3.63, 3.8) is 0 Å². The molecular formula is C32H35F2N7O. The number of halogens is 2. The average molecular weight is 572 g/mol. The Balaban J connectivity index is 1.24. The first-order valence-corrected chi connectivity index (χ1v) is 15.3. The van der Waals surface area contributed by atoms with Gasteiger partial charge in [0.2, 0.25) is 0 Å². The first-order valence-electron chi connectivity index (χ1n) is 15.3. The van der Waals surface area contributed by atoms with Gasteiger partial charge in [0.05, 0.1) is 17.2 Å². The number of nitrogens with one attached hydrogen (secondary N) is 1. The Morgan fingerprint density at radius 3 is 2.67 bits per heavy atom. The highest BCUT2D eigenvalue weighted by Gasteiger charge is 2.49. The fourth-order valence-corrected chi connectivity index (χ4v) is 8.06. The summed E-state index contributed by atoms with van der Waals surface area (Å²) in [5.41, 5.74) is 8.83. The van der Waals surface area contributed by atoms with E-state index in [1.165, 1.54) is 0 Å². The van der Waals surface area contributed by atoms with Crippen LogP contribution in [0.3, 0.4) is 0 Å². The lowest BCUT2D eigenvalue weighted by Crippen LogP contribution is -2.51. The number of fused-ring (bicyclic) bond motifs is 4. The maximum absolute atomic E-state index is 16.7. The van der Waals surface area contributed by atoms with Crippen molar-refractivity contribution < 1.29 is 13.5 Å². The van der Waals surface area contributed by atoms with Gasteiger partial charge in [0.1, 0.15) is 24.1 Å². The molecule has 3 N–H and O–H groups in total. The first kappa shape index (κ1) is 26.1. The molecule has 4 atom stereocenters. The molecule has 10 heteroatoms. The zero-order valence-electron chi connectivity index (χ0n) is 23.6. The Bertz CT molecular complexity index is 1610. The molecule has 4 saturated heterocycles. The van der Waals surface area contributed by atoms with E-state index in [4.69, 9.17) is 15.5 Å². The smallest absolute Gasteiger partial charge is 0.319 e. The van der Waals surface area contributed by atoms with Crippen LogP contribution < -0.4 is 20.7 Å². The first-order chi connectivity index (χ1) is 20.4. The molecule has 5 aliphatic rings. The van der Waals surface area contributed by atoms with Crippen LogP contribution in [0.25, 0.3) is 22.0 Å². The van der Waals surface area contributed by atoms with Gasteiger partial charge < -0.3 is 20.7 Å². The number of piperazine rings is 1. The molecule has 2 aromatic carbocycles. The number of ether oxygens (including phenoxy) is 1. The standard InChI is InChI=1S/C32H35F2N7O/c33-20-12-32(8-1-9-41(32)14-20)17-42-31-38-29-25(30(39-31)40-15-22-4-5-23(16-40)37-22)7-6-24(28(29)34)26-11-21(36)10-19(13-35)27(26)18-2-3-18/h6-7,10-11,18,20,22-23,37H,1-5,8-9,12,14-17,36H2/t20-,22-,23+,32+/m1/s1. The van der Waals surface area contributed by atoms with E-state index in [1.54, 1.807) is 18.2 Å². The predicted molar refractivity (Wildman–Crippen MR) is 157 cm³/mol. The highest BCUT2D eigenvalue weighted by molar-refractivity contribution is 5.94. The van der Waals surface area contributed by atoms with Gasteiger partial charge in [0.15, 0.2) is 5.82 Å².